The molecule has 0 fully saturated rings. The summed E-state index contributed by atoms with van der Waals surface area (Å²) in [7, 11) is 0. The monoisotopic (exact) mass is 186 g/mol. The Morgan fingerprint density at radius 1 is 1.67 bits per heavy atom. The number of aliphatic hydroxyl groups is 1. The number of thiazole rings is 1. The molecule has 0 saturated heterocycles. The molecule has 3 nitrogen and oxygen atoms in total. The van der Waals surface area contributed by atoms with E-state index < -0.39 is 0 Å². The Kier molecular flexibility index (Phi) is 3.20. The van der Waals surface area contributed by atoms with Gasteiger partial charge < -0.3 is 10.4 Å². The summed E-state index contributed by atoms with van der Waals surface area (Å²) in [5.41, 5.74) is 2.62. The third-order valence-electron chi connectivity index (χ3n) is 1.63. The van der Waals surface area contributed by atoms with Crippen molar-refractivity contribution in [3.8, 4) is 0 Å². The van der Waals surface area contributed by atoms with Gasteiger partial charge >= 0.3 is 0 Å². The molecular formula is C8H14N2OS. The Morgan fingerprint density at radius 2 is 2.42 bits per heavy atom. The molecule has 12 heavy (non-hydrogen) atoms. The van der Waals surface area contributed by atoms with Crippen LogP contribution in [0.3, 0.4) is 0 Å². The summed E-state index contributed by atoms with van der Waals surface area (Å²) in [6.45, 7) is 4.77. The molecule has 68 valence electrons. The summed E-state index contributed by atoms with van der Waals surface area (Å²) in [5.74, 6) is 0. The fourth-order valence-corrected chi connectivity index (χ4v) is 1.27. The Morgan fingerprint density at radius 3 is 2.92 bits per heavy atom. The molecule has 0 aliphatic rings. The Hall–Kier alpha value is -0.450. The number of rotatable bonds is 4. The van der Waals surface area contributed by atoms with Crippen molar-refractivity contribution in [2.45, 2.75) is 25.9 Å². The Balaban J connectivity index is 2.36. The van der Waals surface area contributed by atoms with Crippen LogP contribution in [0.5, 0.6) is 0 Å². The fourth-order valence-electron chi connectivity index (χ4n) is 0.711. The minimum Gasteiger partial charge on any atom is -0.394 e. The minimum atomic E-state index is -0.219. The normalized spacial score (nSPS) is 11.9. The van der Waals surface area contributed by atoms with Crippen molar-refractivity contribution < 1.29 is 5.11 Å². The number of aromatic nitrogens is 1. The first-order valence-corrected chi connectivity index (χ1v) is 4.81. The maximum Gasteiger partial charge on any atom is 0.0795 e. The van der Waals surface area contributed by atoms with E-state index in [1.807, 2.05) is 24.7 Å². The third kappa shape index (κ3) is 2.89. The van der Waals surface area contributed by atoms with Gasteiger partial charge in [-0.15, -0.1) is 11.3 Å². The van der Waals surface area contributed by atoms with Crippen LogP contribution in [0.25, 0.3) is 0 Å². The van der Waals surface area contributed by atoms with Gasteiger partial charge in [0.15, 0.2) is 0 Å². The van der Waals surface area contributed by atoms with Crippen LogP contribution in [0.1, 0.15) is 19.5 Å². The van der Waals surface area contributed by atoms with Crippen LogP contribution >= 0.6 is 11.3 Å². The average molecular weight is 186 g/mol. The highest BCUT2D eigenvalue weighted by Crippen LogP contribution is 2.04. The summed E-state index contributed by atoms with van der Waals surface area (Å²) < 4.78 is 0. The van der Waals surface area contributed by atoms with Gasteiger partial charge in [-0.3, -0.25) is 0 Å². The smallest absolute Gasteiger partial charge is 0.0795 e. The number of hydrogen-bond acceptors (Lipinski definition) is 4. The van der Waals surface area contributed by atoms with Crippen molar-refractivity contribution in [1.82, 2.24) is 10.3 Å². The summed E-state index contributed by atoms with van der Waals surface area (Å²) in [5, 5.41) is 14.1. The van der Waals surface area contributed by atoms with E-state index in [2.05, 4.69) is 10.3 Å². The number of nitrogens with zero attached hydrogens (tertiary/aromatic N) is 1. The number of hydrogen-bond donors (Lipinski definition) is 2. The number of nitrogens with one attached hydrogen (secondary N) is 1. The molecule has 0 radical (unpaired) electrons. The van der Waals surface area contributed by atoms with Gasteiger partial charge in [-0.05, 0) is 13.8 Å². The van der Waals surface area contributed by atoms with E-state index in [1.165, 1.54) is 0 Å². The summed E-state index contributed by atoms with van der Waals surface area (Å²) >= 11 is 1.58. The van der Waals surface area contributed by atoms with Crippen molar-refractivity contribution in [2.24, 2.45) is 0 Å². The SMILES string of the molecule is CC(C)(CO)NCc1cscn1. The molecule has 1 rings (SSSR count). The van der Waals surface area contributed by atoms with Crippen LogP contribution in [-0.4, -0.2) is 22.2 Å². The zero-order valence-corrected chi connectivity index (χ0v) is 8.19. The molecule has 0 aliphatic carbocycles. The van der Waals surface area contributed by atoms with Crippen LogP contribution in [0.4, 0.5) is 0 Å². The van der Waals surface area contributed by atoms with Crippen molar-refractivity contribution >= 4 is 11.3 Å². The van der Waals surface area contributed by atoms with Gasteiger partial charge in [0.2, 0.25) is 0 Å². The van der Waals surface area contributed by atoms with E-state index in [9.17, 15) is 0 Å². The maximum absolute atomic E-state index is 8.94. The van der Waals surface area contributed by atoms with Gasteiger partial charge in [-0.1, -0.05) is 0 Å². The summed E-state index contributed by atoms with van der Waals surface area (Å²) in [6, 6.07) is 0. The van der Waals surface area contributed by atoms with E-state index in [0.29, 0.717) is 0 Å². The quantitative estimate of drug-likeness (QED) is 0.737. The van der Waals surface area contributed by atoms with Gasteiger partial charge in [0.1, 0.15) is 0 Å². The first-order valence-electron chi connectivity index (χ1n) is 3.87. The van der Waals surface area contributed by atoms with E-state index in [0.717, 1.165) is 12.2 Å². The molecule has 2 N–H and O–H groups in total. The molecular weight excluding hydrogens is 172 g/mol. The highest BCUT2D eigenvalue weighted by Gasteiger charge is 2.14. The second-order valence-corrected chi connectivity index (χ2v) is 4.09. The highest BCUT2D eigenvalue weighted by atomic mass is 32.1. The molecule has 0 unspecified atom stereocenters. The average Bonchev–Trinajstić information content (AvgIpc) is 2.53. The first kappa shape index (κ1) is 9.64. The molecule has 0 aliphatic heterocycles. The molecule has 0 spiro atoms. The van der Waals surface area contributed by atoms with Crippen molar-refractivity contribution in [2.75, 3.05) is 6.61 Å². The second-order valence-electron chi connectivity index (χ2n) is 3.38. The zero-order chi connectivity index (χ0) is 9.03. The molecule has 0 amide bonds. The van der Waals surface area contributed by atoms with Gasteiger partial charge in [0.05, 0.1) is 17.8 Å². The molecule has 0 saturated carbocycles. The van der Waals surface area contributed by atoms with Gasteiger partial charge in [-0.25, -0.2) is 4.98 Å². The molecule has 0 bridgehead atoms. The van der Waals surface area contributed by atoms with Gasteiger partial charge in [-0.2, -0.15) is 0 Å². The molecule has 0 aromatic carbocycles. The standard InChI is InChI=1S/C8H14N2OS/c1-8(2,5-11)10-3-7-4-12-6-9-7/h4,6,10-11H,3,5H2,1-2H3. The number of aliphatic hydroxyl groups excluding tert-OH is 1. The van der Waals surface area contributed by atoms with Crippen molar-refractivity contribution in [3.05, 3.63) is 16.6 Å². The van der Waals surface area contributed by atoms with Crippen molar-refractivity contribution in [1.29, 1.82) is 0 Å². The molecule has 1 aromatic rings. The lowest BCUT2D eigenvalue weighted by molar-refractivity contribution is 0.187. The van der Waals surface area contributed by atoms with E-state index in [1.54, 1.807) is 11.3 Å². The molecule has 1 heterocycles. The Labute approximate surface area is 76.5 Å². The van der Waals surface area contributed by atoms with Gasteiger partial charge in [0, 0.05) is 17.5 Å². The third-order valence-corrected chi connectivity index (χ3v) is 2.26. The van der Waals surface area contributed by atoms with Crippen LogP contribution in [0, 0.1) is 0 Å². The fraction of sp³-hybridized carbons (Fsp3) is 0.625. The lowest BCUT2D eigenvalue weighted by Gasteiger charge is -2.22. The highest BCUT2D eigenvalue weighted by molar-refractivity contribution is 7.07. The van der Waals surface area contributed by atoms with Crippen LogP contribution in [0.2, 0.25) is 0 Å². The summed E-state index contributed by atoms with van der Waals surface area (Å²) in [4.78, 5) is 4.13. The maximum atomic E-state index is 8.94. The molecule has 4 heteroatoms. The van der Waals surface area contributed by atoms with Crippen LogP contribution < -0.4 is 5.32 Å². The largest absolute Gasteiger partial charge is 0.394 e. The van der Waals surface area contributed by atoms with Crippen molar-refractivity contribution in [3.63, 3.8) is 0 Å². The lowest BCUT2D eigenvalue weighted by atomic mass is 10.1. The Bertz CT molecular complexity index is 221. The van der Waals surface area contributed by atoms with Gasteiger partial charge in [0.25, 0.3) is 0 Å². The topological polar surface area (TPSA) is 45.1 Å². The van der Waals surface area contributed by atoms with Crippen LogP contribution in [-0.2, 0) is 6.54 Å². The molecule has 0 atom stereocenters. The zero-order valence-electron chi connectivity index (χ0n) is 7.37. The van der Waals surface area contributed by atoms with E-state index in [4.69, 9.17) is 5.11 Å². The second kappa shape index (κ2) is 3.98. The van der Waals surface area contributed by atoms with Crippen LogP contribution in [0.15, 0.2) is 10.9 Å². The minimum absolute atomic E-state index is 0.136. The predicted octanol–water partition coefficient (Wildman–Crippen LogP) is 1.00. The van der Waals surface area contributed by atoms with E-state index >= 15 is 0 Å². The predicted molar refractivity (Wildman–Crippen MR) is 50.1 cm³/mol. The molecule has 1 aromatic heterocycles. The van der Waals surface area contributed by atoms with E-state index in [-0.39, 0.29) is 12.1 Å². The lowest BCUT2D eigenvalue weighted by Crippen LogP contribution is -2.42. The first-order chi connectivity index (χ1) is 5.64. The summed E-state index contributed by atoms with van der Waals surface area (Å²) in [6.07, 6.45) is 0.